The zero-order valence-corrected chi connectivity index (χ0v) is 18.6. The topological polar surface area (TPSA) is 58.4 Å². The molecule has 6 nitrogen and oxygen atoms in total. The van der Waals surface area contributed by atoms with Crippen LogP contribution >= 0.6 is 0 Å². The van der Waals surface area contributed by atoms with Crippen molar-refractivity contribution in [3.05, 3.63) is 47.8 Å². The van der Waals surface area contributed by atoms with Crippen molar-refractivity contribution in [2.45, 2.75) is 51.4 Å². The molecule has 0 unspecified atom stereocenters. The first kappa shape index (κ1) is 22.0. The van der Waals surface area contributed by atoms with Crippen LogP contribution in [0.2, 0.25) is 0 Å². The van der Waals surface area contributed by atoms with Crippen molar-refractivity contribution in [2.24, 2.45) is 0 Å². The number of aryl methyl sites for hydroxylation is 1. The third-order valence-electron chi connectivity index (χ3n) is 5.64. The van der Waals surface area contributed by atoms with E-state index in [0.717, 1.165) is 57.8 Å². The van der Waals surface area contributed by atoms with Gasteiger partial charge in [-0.3, -0.25) is 4.90 Å². The molecule has 160 valence electrons. The predicted octanol–water partition coefficient (Wildman–Crippen LogP) is 2.84. The third kappa shape index (κ3) is 5.90. The van der Waals surface area contributed by atoms with Crippen molar-refractivity contribution in [1.29, 1.82) is 0 Å². The van der Waals surface area contributed by atoms with E-state index in [9.17, 15) is 8.42 Å². The van der Waals surface area contributed by atoms with E-state index in [1.807, 2.05) is 22.8 Å². The van der Waals surface area contributed by atoms with Crippen molar-refractivity contribution in [3.63, 3.8) is 0 Å². The van der Waals surface area contributed by atoms with Crippen LogP contribution in [0.5, 0.6) is 0 Å². The Labute approximate surface area is 175 Å². The molecule has 0 N–H and O–H groups in total. The summed E-state index contributed by atoms with van der Waals surface area (Å²) in [5, 5.41) is 0.229. The highest BCUT2D eigenvalue weighted by molar-refractivity contribution is 7.91. The van der Waals surface area contributed by atoms with Crippen LogP contribution in [-0.4, -0.2) is 66.2 Å². The Bertz CT molecular complexity index is 856. The molecule has 0 bridgehead atoms. The lowest BCUT2D eigenvalue weighted by atomic mass is 10.1. The van der Waals surface area contributed by atoms with Gasteiger partial charge in [0.2, 0.25) is 15.0 Å². The molecule has 3 rings (SSSR count). The Morgan fingerprint density at radius 1 is 0.966 bits per heavy atom. The van der Waals surface area contributed by atoms with Crippen LogP contribution in [0.1, 0.15) is 37.9 Å². The van der Waals surface area contributed by atoms with Gasteiger partial charge in [-0.15, -0.1) is 0 Å². The van der Waals surface area contributed by atoms with E-state index in [4.69, 9.17) is 0 Å². The summed E-state index contributed by atoms with van der Waals surface area (Å²) in [5.41, 5.74) is 2.29. The van der Waals surface area contributed by atoms with Gasteiger partial charge in [-0.05, 0) is 31.4 Å². The second kappa shape index (κ2) is 10.4. The van der Waals surface area contributed by atoms with E-state index in [1.165, 1.54) is 12.0 Å². The number of hydrogen-bond acceptors (Lipinski definition) is 5. The molecule has 0 radical (unpaired) electrons. The molecule has 1 fully saturated rings. The maximum Gasteiger partial charge on any atom is 0.227 e. The second-order valence-corrected chi connectivity index (χ2v) is 9.97. The molecule has 0 atom stereocenters. The van der Waals surface area contributed by atoms with Gasteiger partial charge in [-0.1, -0.05) is 44.2 Å². The Morgan fingerprint density at radius 2 is 1.66 bits per heavy atom. The minimum Gasteiger partial charge on any atom is -0.318 e. The first-order chi connectivity index (χ1) is 14.0. The van der Waals surface area contributed by atoms with Gasteiger partial charge in [0.15, 0.2) is 0 Å². The van der Waals surface area contributed by atoms with Crippen molar-refractivity contribution in [1.82, 2.24) is 19.4 Å². The summed E-state index contributed by atoms with van der Waals surface area (Å²) >= 11 is 0. The lowest BCUT2D eigenvalue weighted by molar-refractivity contribution is 0.125. The number of rotatable bonds is 10. The molecule has 2 aromatic rings. The molecule has 1 aliphatic rings. The summed E-state index contributed by atoms with van der Waals surface area (Å²) < 4.78 is 27.1. The van der Waals surface area contributed by atoms with Gasteiger partial charge in [-0.2, -0.15) is 0 Å². The SMILES string of the molecule is CCCN1CCN(Cc2cnc(S(=O)(=O)CC)n2CCCc2ccccc2)CC1. The lowest BCUT2D eigenvalue weighted by Crippen LogP contribution is -2.46. The molecular weight excluding hydrogens is 384 g/mol. The fourth-order valence-electron chi connectivity index (χ4n) is 3.94. The monoisotopic (exact) mass is 418 g/mol. The van der Waals surface area contributed by atoms with Gasteiger partial charge >= 0.3 is 0 Å². The molecule has 0 spiro atoms. The zero-order valence-electron chi connectivity index (χ0n) is 17.8. The second-order valence-electron chi connectivity index (χ2n) is 7.79. The number of hydrogen-bond donors (Lipinski definition) is 0. The third-order valence-corrected chi connectivity index (χ3v) is 7.28. The van der Waals surface area contributed by atoms with Gasteiger partial charge in [-0.25, -0.2) is 13.4 Å². The molecule has 2 heterocycles. The lowest BCUT2D eigenvalue weighted by Gasteiger charge is -2.34. The van der Waals surface area contributed by atoms with E-state index < -0.39 is 9.84 Å². The average molecular weight is 419 g/mol. The maximum absolute atomic E-state index is 12.6. The van der Waals surface area contributed by atoms with Gasteiger partial charge in [0.05, 0.1) is 17.6 Å². The Kier molecular flexibility index (Phi) is 7.86. The molecule has 0 saturated carbocycles. The van der Waals surface area contributed by atoms with Crippen molar-refractivity contribution < 1.29 is 8.42 Å². The number of piperazine rings is 1. The standard InChI is InChI=1S/C22H34N4O2S/c1-3-12-24-14-16-25(17-15-24)19-21-18-23-22(29(27,28)4-2)26(21)13-8-11-20-9-6-5-7-10-20/h5-7,9-10,18H,3-4,8,11-17,19H2,1-2H3. The van der Waals surface area contributed by atoms with E-state index in [-0.39, 0.29) is 10.9 Å². The van der Waals surface area contributed by atoms with Crippen molar-refractivity contribution in [3.8, 4) is 0 Å². The van der Waals surface area contributed by atoms with E-state index in [0.29, 0.717) is 6.54 Å². The molecule has 1 saturated heterocycles. The highest BCUT2D eigenvalue weighted by Crippen LogP contribution is 2.17. The van der Waals surface area contributed by atoms with Crippen LogP contribution in [0.3, 0.4) is 0 Å². The van der Waals surface area contributed by atoms with Crippen LogP contribution in [0, 0.1) is 0 Å². The Balaban J connectivity index is 1.69. The highest BCUT2D eigenvalue weighted by atomic mass is 32.2. The van der Waals surface area contributed by atoms with E-state index in [2.05, 4.69) is 33.8 Å². The van der Waals surface area contributed by atoms with Crippen molar-refractivity contribution in [2.75, 3.05) is 38.5 Å². The molecule has 1 aromatic carbocycles. The van der Waals surface area contributed by atoms with Gasteiger partial charge in [0.1, 0.15) is 0 Å². The fraction of sp³-hybridized carbons (Fsp3) is 0.591. The number of sulfone groups is 1. The molecule has 0 aliphatic carbocycles. The fourth-order valence-corrected chi connectivity index (χ4v) is 4.95. The zero-order chi connectivity index (χ0) is 20.7. The van der Waals surface area contributed by atoms with Crippen LogP contribution < -0.4 is 0 Å². The summed E-state index contributed by atoms with van der Waals surface area (Å²) in [7, 11) is -3.33. The summed E-state index contributed by atoms with van der Waals surface area (Å²) in [5.74, 6) is 0.0812. The minimum atomic E-state index is -3.33. The quantitative estimate of drug-likeness (QED) is 0.594. The molecular formula is C22H34N4O2S. The van der Waals surface area contributed by atoms with Crippen molar-refractivity contribution >= 4 is 9.84 Å². The molecule has 1 aliphatic heterocycles. The normalized spacial score (nSPS) is 16.3. The number of benzene rings is 1. The van der Waals surface area contributed by atoms with Gasteiger partial charge in [0, 0.05) is 39.3 Å². The maximum atomic E-state index is 12.6. The Hall–Kier alpha value is -1.70. The van der Waals surface area contributed by atoms with E-state index in [1.54, 1.807) is 13.1 Å². The summed E-state index contributed by atoms with van der Waals surface area (Å²) in [6, 6.07) is 10.3. The predicted molar refractivity (Wildman–Crippen MR) is 117 cm³/mol. The molecule has 7 heteroatoms. The van der Waals surface area contributed by atoms with Crippen LogP contribution in [0.4, 0.5) is 0 Å². The molecule has 29 heavy (non-hydrogen) atoms. The molecule has 0 amide bonds. The first-order valence-corrected chi connectivity index (χ1v) is 12.4. The number of aromatic nitrogens is 2. The number of nitrogens with zero attached hydrogens (tertiary/aromatic N) is 4. The van der Waals surface area contributed by atoms with Crippen LogP contribution in [0.25, 0.3) is 0 Å². The highest BCUT2D eigenvalue weighted by Gasteiger charge is 2.23. The smallest absolute Gasteiger partial charge is 0.227 e. The molecule has 1 aromatic heterocycles. The van der Waals surface area contributed by atoms with Crippen LogP contribution in [-0.2, 0) is 29.3 Å². The summed E-state index contributed by atoms with van der Waals surface area (Å²) in [6.07, 6.45) is 4.78. The summed E-state index contributed by atoms with van der Waals surface area (Å²) in [4.78, 5) is 9.25. The summed E-state index contributed by atoms with van der Waals surface area (Å²) in [6.45, 7) is 10.7. The minimum absolute atomic E-state index is 0.0812. The first-order valence-electron chi connectivity index (χ1n) is 10.8. The average Bonchev–Trinajstić information content (AvgIpc) is 3.14. The van der Waals surface area contributed by atoms with Gasteiger partial charge < -0.3 is 9.47 Å². The number of imidazole rings is 1. The van der Waals surface area contributed by atoms with E-state index >= 15 is 0 Å². The van der Waals surface area contributed by atoms with Gasteiger partial charge in [0.25, 0.3) is 0 Å². The largest absolute Gasteiger partial charge is 0.318 e. The Morgan fingerprint density at radius 3 is 2.31 bits per heavy atom. The van der Waals surface area contributed by atoms with Crippen LogP contribution in [0.15, 0.2) is 41.7 Å².